The maximum absolute atomic E-state index is 12.5. The van der Waals surface area contributed by atoms with Crippen molar-refractivity contribution in [1.82, 2.24) is 0 Å². The molecular formula is C21H21ClO6. The molecule has 1 heterocycles. The maximum Gasteiger partial charge on any atom is 0.338 e. The van der Waals surface area contributed by atoms with Crippen molar-refractivity contribution in [1.29, 1.82) is 0 Å². The summed E-state index contributed by atoms with van der Waals surface area (Å²) in [6.07, 6.45) is -3.17. The highest BCUT2D eigenvalue weighted by atomic mass is 35.5. The number of rotatable bonds is 5. The van der Waals surface area contributed by atoms with Gasteiger partial charge >= 0.3 is 11.9 Å². The van der Waals surface area contributed by atoms with Gasteiger partial charge in [-0.1, -0.05) is 48.0 Å². The summed E-state index contributed by atoms with van der Waals surface area (Å²) in [6.45, 7) is 3.37. The Balaban J connectivity index is 1.68. The van der Waals surface area contributed by atoms with Crippen LogP contribution >= 0.6 is 11.6 Å². The van der Waals surface area contributed by atoms with Crippen LogP contribution in [-0.2, 0) is 14.2 Å². The van der Waals surface area contributed by atoms with Crippen molar-refractivity contribution in [3.05, 3.63) is 70.8 Å². The Labute approximate surface area is 168 Å². The summed E-state index contributed by atoms with van der Waals surface area (Å²) >= 11 is 5.97. The molecule has 1 saturated heterocycles. The summed E-state index contributed by atoms with van der Waals surface area (Å²) in [4.78, 5) is 24.8. The van der Waals surface area contributed by atoms with Crippen molar-refractivity contribution in [2.75, 3.05) is 6.61 Å². The van der Waals surface area contributed by atoms with Gasteiger partial charge < -0.3 is 19.3 Å². The lowest BCUT2D eigenvalue weighted by molar-refractivity contribution is -0.0392. The molecule has 1 fully saturated rings. The van der Waals surface area contributed by atoms with Gasteiger partial charge in [0.25, 0.3) is 0 Å². The Morgan fingerprint density at radius 2 is 1.54 bits per heavy atom. The molecule has 1 unspecified atom stereocenters. The lowest BCUT2D eigenvalue weighted by Gasteiger charge is -2.21. The van der Waals surface area contributed by atoms with Crippen LogP contribution in [0.2, 0.25) is 0 Å². The normalized spacial score (nSPS) is 24.0. The molecule has 0 amide bonds. The molecule has 3 rings (SSSR count). The highest BCUT2D eigenvalue weighted by Crippen LogP contribution is 2.28. The number of hydrogen-bond acceptors (Lipinski definition) is 6. The van der Waals surface area contributed by atoms with Crippen molar-refractivity contribution in [3.63, 3.8) is 0 Å². The Morgan fingerprint density at radius 3 is 2.11 bits per heavy atom. The summed E-state index contributed by atoms with van der Waals surface area (Å²) in [5, 5.41) is 10.2. The lowest BCUT2D eigenvalue weighted by atomic mass is 10.1. The molecule has 7 heteroatoms. The minimum Gasteiger partial charge on any atom is -0.459 e. The molecular weight excluding hydrogens is 384 g/mol. The van der Waals surface area contributed by atoms with Gasteiger partial charge in [0.05, 0.1) is 11.1 Å². The molecule has 1 N–H and O–H groups in total. The van der Waals surface area contributed by atoms with E-state index in [1.807, 2.05) is 12.1 Å². The van der Waals surface area contributed by atoms with Crippen molar-refractivity contribution in [3.8, 4) is 0 Å². The highest BCUT2D eigenvalue weighted by molar-refractivity contribution is 6.20. The Morgan fingerprint density at radius 1 is 1.00 bits per heavy atom. The van der Waals surface area contributed by atoms with Gasteiger partial charge in [0, 0.05) is 0 Å². The molecule has 28 heavy (non-hydrogen) atoms. The zero-order chi connectivity index (χ0) is 20.3. The number of halogens is 1. The zero-order valence-corrected chi connectivity index (χ0v) is 16.3. The second-order valence-electron chi connectivity index (χ2n) is 6.61. The predicted molar refractivity (Wildman–Crippen MR) is 102 cm³/mol. The van der Waals surface area contributed by atoms with Gasteiger partial charge in [0.1, 0.15) is 18.8 Å². The maximum atomic E-state index is 12.5. The van der Waals surface area contributed by atoms with Gasteiger partial charge in [0.15, 0.2) is 11.7 Å². The van der Waals surface area contributed by atoms with Crippen molar-refractivity contribution in [2.24, 2.45) is 0 Å². The van der Waals surface area contributed by atoms with Crippen LogP contribution in [0.15, 0.2) is 48.5 Å². The van der Waals surface area contributed by atoms with Crippen LogP contribution in [0.1, 0.15) is 31.8 Å². The fraction of sp³-hybridized carbons (Fsp3) is 0.333. The van der Waals surface area contributed by atoms with E-state index >= 15 is 0 Å². The van der Waals surface area contributed by atoms with Crippen LogP contribution in [0.3, 0.4) is 0 Å². The van der Waals surface area contributed by atoms with E-state index in [4.69, 9.17) is 25.8 Å². The van der Waals surface area contributed by atoms with Gasteiger partial charge in [-0.15, -0.1) is 0 Å². The fourth-order valence-corrected chi connectivity index (χ4v) is 3.28. The van der Waals surface area contributed by atoms with Gasteiger partial charge in [-0.05, 0) is 37.1 Å². The van der Waals surface area contributed by atoms with Gasteiger partial charge in [-0.25, -0.2) is 9.59 Å². The van der Waals surface area contributed by atoms with Crippen molar-refractivity contribution >= 4 is 23.5 Å². The molecule has 1 aliphatic rings. The lowest BCUT2D eigenvalue weighted by Crippen LogP contribution is -2.38. The van der Waals surface area contributed by atoms with Crippen molar-refractivity contribution in [2.45, 2.75) is 37.7 Å². The summed E-state index contributed by atoms with van der Waals surface area (Å²) < 4.78 is 16.2. The zero-order valence-electron chi connectivity index (χ0n) is 15.5. The fourth-order valence-electron chi connectivity index (χ4n) is 3.00. The molecule has 0 radical (unpaired) electrons. The summed E-state index contributed by atoms with van der Waals surface area (Å²) in [5.74, 6) is -1.13. The molecule has 148 valence electrons. The van der Waals surface area contributed by atoms with Crippen LogP contribution < -0.4 is 0 Å². The van der Waals surface area contributed by atoms with Crippen LogP contribution in [-0.4, -0.2) is 47.5 Å². The third-order valence-electron chi connectivity index (χ3n) is 4.63. The van der Waals surface area contributed by atoms with E-state index in [0.29, 0.717) is 11.1 Å². The quantitative estimate of drug-likeness (QED) is 0.609. The number of carbonyl (C=O) groups is 2. The molecule has 1 aliphatic heterocycles. The standard InChI is InChI=1S/C21H21ClO6/c1-12-7-3-5-9-14(12)20(24)26-11-16-18(17(23)19(22)27-16)28-21(25)15-10-6-4-8-13(15)2/h3-10,16-19,23H,11H2,1-2H3/t16?,17-,18-,19+/m1/s1. The Hall–Kier alpha value is -2.41. The molecule has 0 aromatic heterocycles. The van der Waals surface area contributed by atoms with E-state index in [1.54, 1.807) is 50.2 Å². The van der Waals surface area contributed by atoms with E-state index < -0.39 is 35.8 Å². The van der Waals surface area contributed by atoms with E-state index in [-0.39, 0.29) is 6.61 Å². The van der Waals surface area contributed by atoms with E-state index in [1.165, 1.54) is 0 Å². The van der Waals surface area contributed by atoms with Crippen LogP contribution in [0, 0.1) is 13.8 Å². The number of aliphatic hydroxyl groups excluding tert-OH is 1. The van der Waals surface area contributed by atoms with Gasteiger partial charge in [0.2, 0.25) is 0 Å². The largest absolute Gasteiger partial charge is 0.459 e. The van der Waals surface area contributed by atoms with Gasteiger partial charge in [-0.2, -0.15) is 0 Å². The highest BCUT2D eigenvalue weighted by Gasteiger charge is 2.46. The molecule has 0 aliphatic carbocycles. The molecule has 2 aromatic carbocycles. The van der Waals surface area contributed by atoms with Crippen LogP contribution in [0.5, 0.6) is 0 Å². The third kappa shape index (κ3) is 4.35. The van der Waals surface area contributed by atoms with Crippen LogP contribution in [0.25, 0.3) is 0 Å². The first kappa shape index (κ1) is 20.3. The molecule has 0 saturated carbocycles. The number of ether oxygens (including phenoxy) is 3. The van der Waals surface area contributed by atoms with E-state index in [9.17, 15) is 14.7 Å². The molecule has 0 spiro atoms. The minimum atomic E-state index is -1.24. The van der Waals surface area contributed by atoms with Gasteiger partial charge in [-0.3, -0.25) is 0 Å². The minimum absolute atomic E-state index is 0.209. The number of carbonyl (C=O) groups excluding carboxylic acids is 2. The number of aryl methyl sites for hydroxylation is 2. The molecule has 0 bridgehead atoms. The SMILES string of the molecule is Cc1ccccc1C(=O)OCC1O[C@H](Cl)[C@H](O)[C@@H]1OC(=O)c1ccccc1C. The smallest absolute Gasteiger partial charge is 0.338 e. The van der Waals surface area contributed by atoms with E-state index in [0.717, 1.165) is 11.1 Å². The number of hydrogen-bond donors (Lipinski definition) is 1. The van der Waals surface area contributed by atoms with E-state index in [2.05, 4.69) is 0 Å². The van der Waals surface area contributed by atoms with Crippen LogP contribution in [0.4, 0.5) is 0 Å². The first-order valence-electron chi connectivity index (χ1n) is 8.85. The summed E-state index contributed by atoms with van der Waals surface area (Å²) in [5.41, 5.74) is 1.25. The molecule has 2 aromatic rings. The topological polar surface area (TPSA) is 82.1 Å². The Bertz CT molecular complexity index is 867. The van der Waals surface area contributed by atoms with Crippen molar-refractivity contribution < 1.29 is 28.9 Å². The average molecular weight is 405 g/mol. The summed E-state index contributed by atoms with van der Waals surface area (Å²) in [7, 11) is 0. The first-order chi connectivity index (χ1) is 13.4. The molecule has 4 atom stereocenters. The first-order valence-corrected chi connectivity index (χ1v) is 9.29. The molecule has 6 nitrogen and oxygen atoms in total. The number of aliphatic hydroxyl groups is 1. The summed E-state index contributed by atoms with van der Waals surface area (Å²) in [6, 6.07) is 14.0. The monoisotopic (exact) mass is 404 g/mol. The second kappa shape index (κ2) is 8.73. The number of benzene rings is 2. The number of esters is 2. The average Bonchev–Trinajstić information content (AvgIpc) is 2.94. The Kier molecular flexibility index (Phi) is 6.34. The predicted octanol–water partition coefficient (Wildman–Crippen LogP) is 3.01. The number of alkyl halides is 1. The third-order valence-corrected chi connectivity index (χ3v) is 4.99. The second-order valence-corrected chi connectivity index (χ2v) is 7.04.